The van der Waals surface area contributed by atoms with Crippen LogP contribution in [-0.2, 0) is 10.0 Å². The predicted octanol–water partition coefficient (Wildman–Crippen LogP) is 2.97. The molecule has 4 heteroatoms. The van der Waals surface area contributed by atoms with E-state index in [1.807, 2.05) is 6.92 Å². The van der Waals surface area contributed by atoms with Crippen LogP contribution in [0.15, 0.2) is 41.3 Å². The lowest BCUT2D eigenvalue weighted by atomic mass is 10.1. The van der Waals surface area contributed by atoms with E-state index < -0.39 is 15.6 Å². The lowest BCUT2D eigenvalue weighted by molar-refractivity contribution is 0.310. The molecular formula is C16H21NO2S. The molecule has 20 heavy (non-hydrogen) atoms. The number of hydrogen-bond acceptors (Lipinski definition) is 2. The van der Waals surface area contributed by atoms with Crippen molar-refractivity contribution in [1.29, 1.82) is 0 Å². The summed E-state index contributed by atoms with van der Waals surface area (Å²) in [6.45, 7) is 11.1. The first-order valence-corrected chi connectivity index (χ1v) is 7.77. The largest absolute Gasteiger partial charge is 0.244 e. The van der Waals surface area contributed by atoms with Crippen LogP contribution in [0, 0.1) is 19.3 Å². The van der Waals surface area contributed by atoms with E-state index in [-0.39, 0.29) is 11.4 Å². The lowest BCUT2D eigenvalue weighted by Gasteiger charge is -2.33. The molecule has 0 saturated heterocycles. The Kier molecular flexibility index (Phi) is 4.80. The van der Waals surface area contributed by atoms with E-state index in [0.717, 1.165) is 11.1 Å². The highest BCUT2D eigenvalue weighted by atomic mass is 32.2. The molecule has 0 atom stereocenters. The Balaban J connectivity index is 3.36. The van der Waals surface area contributed by atoms with E-state index in [0.29, 0.717) is 0 Å². The Morgan fingerprint density at radius 1 is 1.35 bits per heavy atom. The zero-order valence-electron chi connectivity index (χ0n) is 12.5. The van der Waals surface area contributed by atoms with Crippen molar-refractivity contribution in [2.75, 3.05) is 6.54 Å². The summed E-state index contributed by atoms with van der Waals surface area (Å²) in [5.74, 6) is 2.54. The molecule has 0 heterocycles. The van der Waals surface area contributed by atoms with Gasteiger partial charge < -0.3 is 0 Å². The molecule has 0 saturated carbocycles. The molecule has 0 bridgehead atoms. The summed E-state index contributed by atoms with van der Waals surface area (Å²) in [5.41, 5.74) is 0.832. The van der Waals surface area contributed by atoms with Gasteiger partial charge in [-0.25, -0.2) is 8.42 Å². The first-order chi connectivity index (χ1) is 9.11. The fraction of sp³-hybridized carbons (Fsp3) is 0.375. The monoisotopic (exact) mass is 291 g/mol. The van der Waals surface area contributed by atoms with Crippen molar-refractivity contribution in [3.05, 3.63) is 42.0 Å². The second kappa shape index (κ2) is 5.82. The van der Waals surface area contributed by atoms with Gasteiger partial charge in [0, 0.05) is 6.54 Å². The van der Waals surface area contributed by atoms with E-state index in [9.17, 15) is 8.42 Å². The van der Waals surface area contributed by atoms with Crippen molar-refractivity contribution >= 4 is 10.0 Å². The van der Waals surface area contributed by atoms with Crippen molar-refractivity contribution < 1.29 is 8.42 Å². The maximum atomic E-state index is 12.8. The summed E-state index contributed by atoms with van der Waals surface area (Å²) in [6, 6.07) is 6.74. The minimum absolute atomic E-state index is 0.202. The molecule has 3 nitrogen and oxygen atoms in total. The zero-order valence-corrected chi connectivity index (χ0v) is 13.3. The summed E-state index contributed by atoms with van der Waals surface area (Å²) in [6.07, 6.45) is 5.50. The third-order valence-corrected chi connectivity index (χ3v) is 5.03. The van der Waals surface area contributed by atoms with Gasteiger partial charge in [-0.3, -0.25) is 0 Å². The Morgan fingerprint density at radius 2 is 1.85 bits per heavy atom. The highest BCUT2D eigenvalue weighted by molar-refractivity contribution is 7.89. The van der Waals surface area contributed by atoms with Gasteiger partial charge in [-0.15, -0.1) is 6.42 Å². The Hall–Kier alpha value is -1.57. The van der Waals surface area contributed by atoms with Crippen LogP contribution in [-0.4, -0.2) is 24.8 Å². The molecule has 0 N–H and O–H groups in total. The van der Waals surface area contributed by atoms with E-state index in [1.165, 1.54) is 4.31 Å². The number of nitrogens with zero attached hydrogens (tertiary/aromatic N) is 1. The molecule has 0 amide bonds. The van der Waals surface area contributed by atoms with Gasteiger partial charge in [-0.2, -0.15) is 4.31 Å². The average Bonchev–Trinajstić information content (AvgIpc) is 2.36. The summed E-state index contributed by atoms with van der Waals surface area (Å²) in [7, 11) is -3.65. The predicted molar refractivity (Wildman–Crippen MR) is 82.8 cm³/mol. The summed E-state index contributed by atoms with van der Waals surface area (Å²) in [5, 5.41) is 0. The quantitative estimate of drug-likeness (QED) is 0.618. The van der Waals surface area contributed by atoms with Crippen LogP contribution >= 0.6 is 0 Å². The topological polar surface area (TPSA) is 37.4 Å². The molecule has 0 aliphatic rings. The van der Waals surface area contributed by atoms with Crippen molar-refractivity contribution in [2.24, 2.45) is 0 Å². The van der Waals surface area contributed by atoms with Gasteiger partial charge in [-0.1, -0.05) is 35.8 Å². The summed E-state index contributed by atoms with van der Waals surface area (Å²) >= 11 is 0. The van der Waals surface area contributed by atoms with Crippen LogP contribution in [0.3, 0.4) is 0 Å². The molecule has 108 valence electrons. The molecule has 1 aromatic carbocycles. The molecule has 1 rings (SSSR count). The number of hydrogen-bond donors (Lipinski definition) is 0. The van der Waals surface area contributed by atoms with Gasteiger partial charge in [0.2, 0.25) is 10.0 Å². The van der Waals surface area contributed by atoms with Crippen LogP contribution in [0.5, 0.6) is 0 Å². The van der Waals surface area contributed by atoms with Crippen molar-refractivity contribution in [1.82, 2.24) is 4.31 Å². The summed E-state index contributed by atoms with van der Waals surface area (Å²) < 4.78 is 26.9. The lowest BCUT2D eigenvalue weighted by Crippen LogP contribution is -2.47. The third-order valence-electron chi connectivity index (χ3n) is 3.00. The van der Waals surface area contributed by atoms with Crippen LogP contribution in [0.4, 0.5) is 0 Å². The molecular weight excluding hydrogens is 270 g/mol. The molecule has 0 spiro atoms. The Bertz CT molecular complexity index is 634. The Morgan fingerprint density at radius 3 is 2.25 bits per heavy atom. The number of rotatable bonds is 5. The van der Waals surface area contributed by atoms with E-state index >= 15 is 0 Å². The zero-order chi connectivity index (χ0) is 15.6. The van der Waals surface area contributed by atoms with E-state index in [4.69, 9.17) is 6.42 Å². The van der Waals surface area contributed by atoms with Crippen LogP contribution in [0.1, 0.15) is 26.3 Å². The fourth-order valence-electron chi connectivity index (χ4n) is 1.74. The molecule has 0 unspecified atom stereocenters. The average molecular weight is 291 g/mol. The van der Waals surface area contributed by atoms with Gasteiger partial charge in [0.05, 0.1) is 10.4 Å². The van der Waals surface area contributed by atoms with Gasteiger partial charge in [0.15, 0.2) is 0 Å². The van der Waals surface area contributed by atoms with Gasteiger partial charge >= 0.3 is 0 Å². The SMILES string of the molecule is C#CC(C)(C)N(CC(=C)C)S(=O)(=O)c1ccc(C)cc1. The summed E-state index contributed by atoms with van der Waals surface area (Å²) in [4.78, 5) is 0.243. The molecule has 0 aliphatic carbocycles. The van der Waals surface area contributed by atoms with Gasteiger partial charge in [-0.05, 0) is 39.8 Å². The molecule has 0 aliphatic heterocycles. The molecule has 0 fully saturated rings. The normalized spacial score (nSPS) is 12.2. The minimum atomic E-state index is -3.65. The standard InChI is InChI=1S/C16H21NO2S/c1-7-16(5,6)17(12-13(2)3)20(18,19)15-10-8-14(4)9-11-15/h1,8-11H,2,12H2,3-6H3. The highest BCUT2D eigenvalue weighted by Gasteiger charge is 2.35. The van der Waals surface area contributed by atoms with E-state index in [1.54, 1.807) is 45.0 Å². The first kappa shape index (κ1) is 16.5. The molecule has 1 aromatic rings. The first-order valence-electron chi connectivity index (χ1n) is 6.33. The second-order valence-electron chi connectivity index (χ2n) is 5.49. The highest BCUT2D eigenvalue weighted by Crippen LogP contribution is 2.25. The maximum Gasteiger partial charge on any atom is 0.244 e. The van der Waals surface area contributed by atoms with Gasteiger partial charge in [0.25, 0.3) is 0 Å². The third kappa shape index (κ3) is 3.50. The molecule has 0 aromatic heterocycles. The van der Waals surface area contributed by atoms with Crippen molar-refractivity contribution in [2.45, 2.75) is 38.1 Å². The maximum absolute atomic E-state index is 12.8. The smallest absolute Gasteiger partial charge is 0.207 e. The van der Waals surface area contributed by atoms with Gasteiger partial charge in [0.1, 0.15) is 0 Å². The number of benzene rings is 1. The fourth-order valence-corrected chi connectivity index (χ4v) is 3.52. The van der Waals surface area contributed by atoms with E-state index in [2.05, 4.69) is 12.5 Å². The second-order valence-corrected chi connectivity index (χ2v) is 7.35. The van der Waals surface area contributed by atoms with Crippen molar-refractivity contribution in [3.8, 4) is 12.3 Å². The van der Waals surface area contributed by atoms with Crippen LogP contribution in [0.2, 0.25) is 0 Å². The number of terminal acetylenes is 1. The van der Waals surface area contributed by atoms with Crippen LogP contribution in [0.25, 0.3) is 0 Å². The van der Waals surface area contributed by atoms with Crippen LogP contribution < -0.4 is 0 Å². The number of aryl methyl sites for hydroxylation is 1. The minimum Gasteiger partial charge on any atom is -0.207 e. The Labute approximate surface area is 122 Å². The molecule has 0 radical (unpaired) electrons. The van der Waals surface area contributed by atoms with Crippen molar-refractivity contribution in [3.63, 3.8) is 0 Å². The number of sulfonamides is 1.